The minimum atomic E-state index is -0.745. The van der Waals surface area contributed by atoms with E-state index in [9.17, 15) is 14.4 Å². The fourth-order valence-electron chi connectivity index (χ4n) is 4.87. The van der Waals surface area contributed by atoms with Gasteiger partial charge in [0.15, 0.2) is 11.5 Å². The molecule has 0 unspecified atom stereocenters. The quantitative estimate of drug-likeness (QED) is 0.286. The van der Waals surface area contributed by atoms with Crippen molar-refractivity contribution in [1.29, 1.82) is 0 Å². The maximum absolute atomic E-state index is 12.5. The van der Waals surface area contributed by atoms with E-state index >= 15 is 0 Å². The van der Waals surface area contributed by atoms with E-state index in [1.807, 2.05) is 17.6 Å². The second-order valence-electron chi connectivity index (χ2n) is 9.35. The monoisotopic (exact) mass is 467 g/mol. The lowest BCUT2D eigenvalue weighted by Gasteiger charge is -2.20. The first-order chi connectivity index (χ1) is 16.4. The van der Waals surface area contributed by atoms with Crippen LogP contribution in [0, 0.1) is 6.92 Å². The lowest BCUT2D eigenvalue weighted by atomic mass is 10.1. The molecule has 2 heterocycles. The van der Waals surface area contributed by atoms with Crippen LogP contribution >= 0.6 is 0 Å². The molecule has 0 aromatic heterocycles. The highest BCUT2D eigenvalue weighted by Crippen LogP contribution is 2.30. The molecular formula is C25H33N5O4. The van der Waals surface area contributed by atoms with Gasteiger partial charge in [-0.1, -0.05) is 38.5 Å². The molecule has 182 valence electrons. The summed E-state index contributed by atoms with van der Waals surface area (Å²) in [6, 6.07) is 4.54. The number of fused-ring (bicyclic) bond motifs is 2. The summed E-state index contributed by atoms with van der Waals surface area (Å²) in [4.78, 5) is 46.0. The summed E-state index contributed by atoms with van der Waals surface area (Å²) in [6.45, 7) is 2.66. The van der Waals surface area contributed by atoms with Crippen LogP contribution in [0.25, 0.3) is 22.6 Å². The fourth-order valence-corrected chi connectivity index (χ4v) is 4.87. The Labute approximate surface area is 198 Å². The van der Waals surface area contributed by atoms with Crippen LogP contribution in [0.3, 0.4) is 0 Å². The summed E-state index contributed by atoms with van der Waals surface area (Å²) in [5.74, 6) is -0.427. The van der Waals surface area contributed by atoms with Gasteiger partial charge in [-0.15, -0.1) is 0 Å². The van der Waals surface area contributed by atoms with Crippen LogP contribution in [0.1, 0.15) is 76.2 Å². The molecule has 1 aromatic carbocycles. The van der Waals surface area contributed by atoms with Crippen molar-refractivity contribution in [3.05, 3.63) is 38.5 Å². The number of aliphatic carboxylic acids is 1. The number of carboxylic acid groups (broad SMARTS) is 1. The third-order valence-electron chi connectivity index (χ3n) is 6.69. The second kappa shape index (κ2) is 10.8. The first-order valence-corrected chi connectivity index (χ1v) is 12.4. The Kier molecular flexibility index (Phi) is 7.59. The molecule has 34 heavy (non-hydrogen) atoms. The van der Waals surface area contributed by atoms with Crippen LogP contribution in [0.5, 0.6) is 0 Å². The molecule has 9 nitrogen and oxygen atoms in total. The third-order valence-corrected chi connectivity index (χ3v) is 6.69. The van der Waals surface area contributed by atoms with Gasteiger partial charge in [-0.05, 0) is 50.3 Å². The first-order valence-electron chi connectivity index (χ1n) is 12.4. The van der Waals surface area contributed by atoms with Gasteiger partial charge in [-0.3, -0.25) is 14.6 Å². The van der Waals surface area contributed by atoms with Crippen LogP contribution in [-0.4, -0.2) is 36.6 Å². The number of carboxylic acids is 1. The highest BCUT2D eigenvalue weighted by molar-refractivity contribution is 5.84. The fraction of sp³-hybridized carbons (Fsp3) is 0.560. The predicted molar refractivity (Wildman–Crippen MR) is 132 cm³/mol. The molecule has 0 atom stereocenters. The minimum absolute atomic E-state index is 0.177. The van der Waals surface area contributed by atoms with E-state index in [1.54, 1.807) is 0 Å². The molecular weight excluding hydrogens is 434 g/mol. The van der Waals surface area contributed by atoms with Crippen LogP contribution in [0.4, 0.5) is 5.69 Å². The Balaban J connectivity index is 1.59. The van der Waals surface area contributed by atoms with Crippen molar-refractivity contribution in [2.75, 3.05) is 5.32 Å². The van der Waals surface area contributed by atoms with Crippen LogP contribution in [0.2, 0.25) is 0 Å². The van der Waals surface area contributed by atoms with Gasteiger partial charge in [-0.2, -0.15) is 4.98 Å². The molecule has 4 rings (SSSR count). The Hall–Kier alpha value is -3.23. The number of nitrogens with one attached hydrogen (secondary N) is 2. The first kappa shape index (κ1) is 23.9. The molecule has 9 heteroatoms. The van der Waals surface area contributed by atoms with Crippen molar-refractivity contribution >= 4 is 22.7 Å². The molecule has 3 N–H and O–H groups in total. The normalized spacial score (nSPS) is 14.3. The van der Waals surface area contributed by atoms with Gasteiger partial charge in [-0.25, -0.2) is 9.78 Å². The third kappa shape index (κ3) is 5.63. The van der Waals surface area contributed by atoms with E-state index < -0.39 is 17.2 Å². The number of carbonyl (C=O) groups is 1. The van der Waals surface area contributed by atoms with Gasteiger partial charge in [0.05, 0.1) is 11.0 Å². The van der Waals surface area contributed by atoms with Gasteiger partial charge in [0.2, 0.25) is 0 Å². The van der Waals surface area contributed by atoms with E-state index in [-0.39, 0.29) is 12.1 Å². The molecule has 1 aliphatic carbocycles. The van der Waals surface area contributed by atoms with Crippen molar-refractivity contribution in [2.24, 2.45) is 0 Å². The van der Waals surface area contributed by atoms with E-state index in [0.717, 1.165) is 61.7 Å². The van der Waals surface area contributed by atoms with Crippen molar-refractivity contribution in [2.45, 2.75) is 90.1 Å². The molecule has 0 bridgehead atoms. The predicted octanol–water partition coefficient (Wildman–Crippen LogP) is 4.06. The summed E-state index contributed by atoms with van der Waals surface area (Å²) >= 11 is 0. The van der Waals surface area contributed by atoms with Crippen molar-refractivity contribution < 1.29 is 9.90 Å². The zero-order valence-electron chi connectivity index (χ0n) is 19.7. The Morgan fingerprint density at radius 2 is 1.79 bits per heavy atom. The lowest BCUT2D eigenvalue weighted by molar-refractivity contribution is -0.137. The summed E-state index contributed by atoms with van der Waals surface area (Å²) < 4.78 is 1.96. The highest BCUT2D eigenvalue weighted by Gasteiger charge is 2.21. The molecule has 0 saturated heterocycles. The SMILES string of the molecule is Cc1cc2nc3c(=O)[nH]c(=O)nc-3n(CCCCCCCCC(=O)O)c2cc1NC1CCCC1. The van der Waals surface area contributed by atoms with E-state index in [0.29, 0.717) is 30.3 Å². The molecule has 2 aliphatic heterocycles. The zero-order chi connectivity index (χ0) is 24.1. The standard InChI is InChI=1S/C25H33N5O4/c1-16-14-19-20(15-18(16)26-17-10-7-8-11-17)30(13-9-5-3-2-4-6-12-21(31)32)23-22(27-19)24(33)29-25(34)28-23/h14-15,17,26H,2-13H2,1H3,(H,31,32)(H,29,33,34). The summed E-state index contributed by atoms with van der Waals surface area (Å²) in [5, 5.41) is 12.4. The molecule has 1 fully saturated rings. The van der Waals surface area contributed by atoms with Gasteiger partial charge >= 0.3 is 11.7 Å². The smallest absolute Gasteiger partial charge is 0.349 e. The number of rotatable bonds is 11. The van der Waals surface area contributed by atoms with E-state index in [2.05, 4.69) is 26.3 Å². The van der Waals surface area contributed by atoms with Crippen LogP contribution < -0.4 is 16.6 Å². The number of hydrogen-bond acceptors (Lipinski definition) is 6. The van der Waals surface area contributed by atoms with Crippen LogP contribution in [0.15, 0.2) is 21.7 Å². The minimum Gasteiger partial charge on any atom is -0.481 e. The number of aromatic nitrogens is 4. The molecule has 0 amide bonds. The maximum atomic E-state index is 12.5. The maximum Gasteiger partial charge on any atom is 0.349 e. The zero-order valence-corrected chi connectivity index (χ0v) is 19.7. The number of hydrogen-bond donors (Lipinski definition) is 3. The average Bonchev–Trinajstić information content (AvgIpc) is 3.29. The second-order valence-corrected chi connectivity index (χ2v) is 9.35. The van der Waals surface area contributed by atoms with E-state index in [4.69, 9.17) is 5.11 Å². The summed E-state index contributed by atoms with van der Waals surface area (Å²) in [7, 11) is 0. The van der Waals surface area contributed by atoms with E-state index in [1.165, 1.54) is 12.8 Å². The Morgan fingerprint density at radius 1 is 1.09 bits per heavy atom. The Bertz CT molecular complexity index is 1240. The van der Waals surface area contributed by atoms with Gasteiger partial charge in [0.1, 0.15) is 0 Å². The number of benzene rings is 1. The van der Waals surface area contributed by atoms with Gasteiger partial charge in [0.25, 0.3) is 5.56 Å². The number of aryl methyl sites for hydroxylation is 2. The summed E-state index contributed by atoms with van der Waals surface area (Å²) in [5.41, 5.74) is 2.69. The summed E-state index contributed by atoms with van der Waals surface area (Å²) in [6.07, 6.45) is 10.5. The number of unbranched alkanes of at least 4 members (excludes halogenated alkanes) is 5. The molecule has 3 aliphatic rings. The van der Waals surface area contributed by atoms with Crippen molar-refractivity contribution in [3.63, 3.8) is 0 Å². The average molecular weight is 468 g/mol. The highest BCUT2D eigenvalue weighted by atomic mass is 16.4. The topological polar surface area (TPSA) is 130 Å². The van der Waals surface area contributed by atoms with Crippen molar-refractivity contribution in [3.8, 4) is 11.5 Å². The molecule has 1 aromatic rings. The number of aromatic amines is 1. The Morgan fingerprint density at radius 3 is 2.53 bits per heavy atom. The van der Waals surface area contributed by atoms with Gasteiger partial charge in [0, 0.05) is 24.7 Å². The van der Waals surface area contributed by atoms with Crippen molar-refractivity contribution in [1.82, 2.24) is 19.5 Å². The van der Waals surface area contributed by atoms with Gasteiger partial charge < -0.3 is 15.0 Å². The molecule has 0 radical (unpaired) electrons. The largest absolute Gasteiger partial charge is 0.481 e. The lowest BCUT2D eigenvalue weighted by Crippen LogP contribution is -2.29. The number of H-pyrrole nitrogens is 1. The molecule has 1 saturated carbocycles. The molecule has 0 spiro atoms. The van der Waals surface area contributed by atoms with Crippen LogP contribution in [-0.2, 0) is 11.3 Å². The number of anilines is 1. The number of nitrogens with zero attached hydrogens (tertiary/aromatic N) is 3.